The summed E-state index contributed by atoms with van der Waals surface area (Å²) in [6.07, 6.45) is 1.09. The highest BCUT2D eigenvalue weighted by molar-refractivity contribution is 6.33. The van der Waals surface area contributed by atoms with Gasteiger partial charge in [0.25, 0.3) is 0 Å². The van der Waals surface area contributed by atoms with Gasteiger partial charge in [-0.1, -0.05) is 49.7 Å². The van der Waals surface area contributed by atoms with Crippen LogP contribution < -0.4 is 5.32 Å². The molecule has 20 heavy (non-hydrogen) atoms. The summed E-state index contributed by atoms with van der Waals surface area (Å²) in [7, 11) is 0. The Morgan fingerprint density at radius 2 is 1.70 bits per heavy atom. The number of hydrogen-bond donors (Lipinski definition) is 1. The molecule has 0 aromatic heterocycles. The Balaban J connectivity index is 1.96. The topological polar surface area (TPSA) is 12.0 Å². The summed E-state index contributed by atoms with van der Waals surface area (Å²) < 4.78 is 12.9. The van der Waals surface area contributed by atoms with Crippen LogP contribution in [0, 0.1) is 11.7 Å². The summed E-state index contributed by atoms with van der Waals surface area (Å²) in [5.41, 5.74) is 3.28. The van der Waals surface area contributed by atoms with Gasteiger partial charge in [0.2, 0.25) is 0 Å². The van der Waals surface area contributed by atoms with Crippen molar-refractivity contribution >= 4 is 17.3 Å². The molecular weight excluding hydrogens is 273 g/mol. The minimum absolute atomic E-state index is 0.321. The lowest BCUT2D eigenvalue weighted by Gasteiger charge is -2.10. The van der Waals surface area contributed by atoms with E-state index in [-0.39, 0.29) is 5.82 Å². The van der Waals surface area contributed by atoms with Crippen molar-refractivity contribution in [3.8, 4) is 0 Å². The minimum Gasteiger partial charge on any atom is -0.380 e. The normalized spacial score (nSPS) is 10.8. The average molecular weight is 292 g/mol. The van der Waals surface area contributed by atoms with E-state index in [0.717, 1.165) is 12.1 Å². The highest BCUT2D eigenvalue weighted by Crippen LogP contribution is 2.23. The van der Waals surface area contributed by atoms with Crippen molar-refractivity contribution in [3.05, 3.63) is 64.4 Å². The SMILES string of the molecule is CC(C)Cc1ccc(CNc2ccc(F)cc2Cl)cc1. The van der Waals surface area contributed by atoms with Gasteiger partial charge in [0.05, 0.1) is 10.7 Å². The van der Waals surface area contributed by atoms with Gasteiger partial charge in [0.15, 0.2) is 0 Å². The molecule has 0 spiro atoms. The summed E-state index contributed by atoms with van der Waals surface area (Å²) in [6, 6.07) is 12.9. The van der Waals surface area contributed by atoms with Crippen molar-refractivity contribution in [2.24, 2.45) is 5.92 Å². The molecular formula is C17H19ClFN. The molecule has 0 fully saturated rings. The van der Waals surface area contributed by atoms with Gasteiger partial charge in [-0.25, -0.2) is 4.39 Å². The molecule has 0 heterocycles. The summed E-state index contributed by atoms with van der Waals surface area (Å²) in [4.78, 5) is 0. The Labute approximate surface area is 124 Å². The summed E-state index contributed by atoms with van der Waals surface area (Å²) in [5.74, 6) is 0.343. The molecule has 0 aliphatic heterocycles. The van der Waals surface area contributed by atoms with Crippen LogP contribution in [0.15, 0.2) is 42.5 Å². The lowest BCUT2D eigenvalue weighted by molar-refractivity contribution is 0.628. The van der Waals surface area contributed by atoms with Crippen LogP contribution in [0.25, 0.3) is 0 Å². The highest BCUT2D eigenvalue weighted by atomic mass is 35.5. The molecule has 0 unspecified atom stereocenters. The largest absolute Gasteiger partial charge is 0.380 e. The van der Waals surface area contributed by atoms with E-state index in [9.17, 15) is 4.39 Å². The van der Waals surface area contributed by atoms with Gasteiger partial charge in [0, 0.05) is 6.54 Å². The van der Waals surface area contributed by atoms with Crippen LogP contribution in [-0.2, 0) is 13.0 Å². The van der Waals surface area contributed by atoms with Crippen molar-refractivity contribution in [2.75, 3.05) is 5.32 Å². The van der Waals surface area contributed by atoms with E-state index >= 15 is 0 Å². The zero-order chi connectivity index (χ0) is 14.5. The number of rotatable bonds is 5. The predicted molar refractivity (Wildman–Crippen MR) is 83.7 cm³/mol. The fraction of sp³-hybridized carbons (Fsp3) is 0.294. The Morgan fingerprint density at radius 1 is 1.05 bits per heavy atom. The second kappa shape index (κ2) is 6.76. The second-order valence-corrected chi connectivity index (χ2v) is 5.80. The minimum atomic E-state index is -0.321. The highest BCUT2D eigenvalue weighted by Gasteiger charge is 2.02. The Kier molecular flexibility index (Phi) is 5.02. The van der Waals surface area contributed by atoms with E-state index in [2.05, 4.69) is 43.4 Å². The third-order valence-corrected chi connectivity index (χ3v) is 3.39. The van der Waals surface area contributed by atoms with Gasteiger partial charge in [-0.3, -0.25) is 0 Å². The van der Waals surface area contributed by atoms with Gasteiger partial charge >= 0.3 is 0 Å². The van der Waals surface area contributed by atoms with E-state index in [1.54, 1.807) is 6.07 Å². The zero-order valence-corrected chi connectivity index (χ0v) is 12.5. The molecule has 106 valence electrons. The molecule has 2 aromatic carbocycles. The van der Waals surface area contributed by atoms with Gasteiger partial charge in [0.1, 0.15) is 5.82 Å². The third-order valence-electron chi connectivity index (χ3n) is 3.08. The molecule has 0 atom stereocenters. The van der Waals surface area contributed by atoms with Gasteiger partial charge in [-0.15, -0.1) is 0 Å². The quantitative estimate of drug-likeness (QED) is 0.789. The maximum absolute atomic E-state index is 12.9. The first-order chi connectivity index (χ1) is 9.54. The molecule has 1 nitrogen and oxygen atoms in total. The van der Waals surface area contributed by atoms with Gasteiger partial charge in [-0.2, -0.15) is 0 Å². The zero-order valence-electron chi connectivity index (χ0n) is 11.8. The van der Waals surface area contributed by atoms with Crippen molar-refractivity contribution in [2.45, 2.75) is 26.8 Å². The second-order valence-electron chi connectivity index (χ2n) is 5.39. The smallest absolute Gasteiger partial charge is 0.124 e. The molecule has 0 aliphatic carbocycles. The lowest BCUT2D eigenvalue weighted by atomic mass is 10.0. The number of anilines is 1. The fourth-order valence-electron chi connectivity index (χ4n) is 2.09. The maximum atomic E-state index is 12.9. The average Bonchev–Trinajstić information content (AvgIpc) is 2.39. The third kappa shape index (κ3) is 4.24. The predicted octanol–water partition coefficient (Wildman–Crippen LogP) is 5.29. The van der Waals surface area contributed by atoms with Crippen LogP contribution >= 0.6 is 11.6 Å². The number of nitrogens with one attached hydrogen (secondary N) is 1. The molecule has 0 saturated carbocycles. The van der Waals surface area contributed by atoms with Crippen LogP contribution in [0.4, 0.5) is 10.1 Å². The molecule has 3 heteroatoms. The number of halogens is 2. The molecule has 2 aromatic rings. The van der Waals surface area contributed by atoms with Crippen LogP contribution in [0.3, 0.4) is 0 Å². The van der Waals surface area contributed by atoms with E-state index in [4.69, 9.17) is 11.6 Å². The fourth-order valence-corrected chi connectivity index (χ4v) is 2.33. The first kappa shape index (κ1) is 14.9. The van der Waals surface area contributed by atoms with Crippen LogP contribution in [0.2, 0.25) is 5.02 Å². The Bertz CT molecular complexity index is 564. The van der Waals surface area contributed by atoms with Crippen molar-refractivity contribution in [1.29, 1.82) is 0 Å². The van der Waals surface area contributed by atoms with E-state index in [1.807, 2.05) is 0 Å². The molecule has 0 aliphatic rings. The molecule has 2 rings (SSSR count). The van der Waals surface area contributed by atoms with E-state index in [1.165, 1.54) is 23.3 Å². The first-order valence-electron chi connectivity index (χ1n) is 6.81. The molecule has 0 radical (unpaired) electrons. The Hall–Kier alpha value is -1.54. The summed E-state index contributed by atoms with van der Waals surface area (Å²) in [6.45, 7) is 5.10. The van der Waals surface area contributed by atoms with Crippen molar-refractivity contribution < 1.29 is 4.39 Å². The van der Waals surface area contributed by atoms with Crippen LogP contribution in [0.1, 0.15) is 25.0 Å². The van der Waals surface area contributed by atoms with Crippen molar-refractivity contribution in [1.82, 2.24) is 0 Å². The molecule has 0 saturated heterocycles. The number of hydrogen-bond acceptors (Lipinski definition) is 1. The van der Waals surface area contributed by atoms with Crippen LogP contribution in [0.5, 0.6) is 0 Å². The maximum Gasteiger partial charge on any atom is 0.124 e. The Morgan fingerprint density at radius 3 is 2.30 bits per heavy atom. The summed E-state index contributed by atoms with van der Waals surface area (Å²) >= 11 is 5.98. The van der Waals surface area contributed by atoms with E-state index in [0.29, 0.717) is 17.5 Å². The monoisotopic (exact) mass is 291 g/mol. The van der Waals surface area contributed by atoms with Gasteiger partial charge < -0.3 is 5.32 Å². The summed E-state index contributed by atoms with van der Waals surface area (Å²) in [5, 5.41) is 3.62. The standard InChI is InChI=1S/C17H19ClFN/c1-12(2)9-13-3-5-14(6-4-13)11-20-17-8-7-15(19)10-16(17)18/h3-8,10,12,20H,9,11H2,1-2H3. The molecule has 0 amide bonds. The lowest BCUT2D eigenvalue weighted by Crippen LogP contribution is -2.01. The van der Waals surface area contributed by atoms with Crippen molar-refractivity contribution in [3.63, 3.8) is 0 Å². The first-order valence-corrected chi connectivity index (χ1v) is 7.19. The van der Waals surface area contributed by atoms with E-state index < -0.39 is 0 Å². The number of benzene rings is 2. The van der Waals surface area contributed by atoms with Crippen LogP contribution in [-0.4, -0.2) is 0 Å². The molecule has 1 N–H and O–H groups in total. The molecule has 0 bridgehead atoms. The van der Waals surface area contributed by atoms with Gasteiger partial charge in [-0.05, 0) is 41.7 Å².